The summed E-state index contributed by atoms with van der Waals surface area (Å²) in [5, 5.41) is 2.99. The number of anilines is 3. The molecule has 8 heteroatoms. The molecule has 1 heterocycles. The van der Waals surface area contributed by atoms with E-state index < -0.39 is 0 Å². The summed E-state index contributed by atoms with van der Waals surface area (Å²) in [6.07, 6.45) is 6.05. The number of allylic oxidation sites excluding steroid dienone is 2. The summed E-state index contributed by atoms with van der Waals surface area (Å²) < 4.78 is 0. The fourth-order valence-corrected chi connectivity index (χ4v) is 4.89. The van der Waals surface area contributed by atoms with Crippen molar-refractivity contribution in [2.75, 3.05) is 56.9 Å². The van der Waals surface area contributed by atoms with Crippen LogP contribution in [0.15, 0.2) is 84.5 Å². The van der Waals surface area contributed by atoms with Gasteiger partial charge in [0.1, 0.15) is 5.82 Å². The monoisotopic (exact) mass is 548 g/mol. The Balaban J connectivity index is 1.26. The first kappa shape index (κ1) is 27.7. The highest BCUT2D eigenvalue weighted by atomic mass is 16.2. The molecule has 0 bridgehead atoms. The Kier molecular flexibility index (Phi) is 7.92. The topological polar surface area (TPSA) is 84.6 Å². The normalized spacial score (nSPS) is 12.9. The van der Waals surface area contributed by atoms with E-state index in [4.69, 9.17) is 4.98 Å². The summed E-state index contributed by atoms with van der Waals surface area (Å²) in [6.45, 7) is 0.518. The quantitative estimate of drug-likeness (QED) is 0.290. The van der Waals surface area contributed by atoms with E-state index in [0.717, 1.165) is 52.2 Å². The summed E-state index contributed by atoms with van der Waals surface area (Å²) in [6, 6.07) is 20.8. The number of amides is 2. The molecule has 3 aromatic carbocycles. The number of hydrogen-bond donors (Lipinski definition) is 2. The van der Waals surface area contributed by atoms with Crippen molar-refractivity contribution in [3.63, 3.8) is 0 Å². The molecular weight excluding hydrogens is 512 g/mol. The number of hydrogen-bond acceptors (Lipinski definition) is 5. The molecular formula is C33H36N6O2. The lowest BCUT2D eigenvalue weighted by atomic mass is 9.98. The molecule has 210 valence electrons. The highest BCUT2D eigenvalue weighted by Crippen LogP contribution is 2.28. The molecule has 0 spiro atoms. The zero-order valence-electron chi connectivity index (χ0n) is 24.2. The predicted octanol–water partition coefficient (Wildman–Crippen LogP) is 5.82. The lowest BCUT2D eigenvalue weighted by Gasteiger charge is -2.21. The number of imidazole rings is 1. The lowest BCUT2D eigenvalue weighted by Crippen LogP contribution is -2.28. The third-order valence-corrected chi connectivity index (χ3v) is 7.27. The number of likely N-dealkylation sites (N-methyl/N-ethyl adjacent to an activating group) is 1. The number of nitrogens with zero attached hydrogens (tertiary/aromatic N) is 4. The highest BCUT2D eigenvalue weighted by Gasteiger charge is 2.17. The van der Waals surface area contributed by atoms with Crippen molar-refractivity contribution in [1.29, 1.82) is 0 Å². The molecule has 8 nitrogen and oxygen atoms in total. The second-order valence-corrected chi connectivity index (χ2v) is 10.8. The molecule has 1 aliphatic carbocycles. The Labute approximate surface area is 241 Å². The predicted molar refractivity (Wildman–Crippen MR) is 168 cm³/mol. The second-order valence-electron chi connectivity index (χ2n) is 10.8. The van der Waals surface area contributed by atoms with Crippen molar-refractivity contribution in [1.82, 2.24) is 14.9 Å². The third kappa shape index (κ3) is 6.32. The van der Waals surface area contributed by atoms with Crippen LogP contribution in [0, 0.1) is 0 Å². The molecule has 2 amide bonds. The van der Waals surface area contributed by atoms with Gasteiger partial charge in [0.2, 0.25) is 0 Å². The molecule has 0 fully saturated rings. The van der Waals surface area contributed by atoms with Crippen LogP contribution in [-0.4, -0.2) is 68.5 Å². The first-order valence-electron chi connectivity index (χ1n) is 13.7. The van der Waals surface area contributed by atoms with Crippen LogP contribution in [0.5, 0.6) is 0 Å². The van der Waals surface area contributed by atoms with Gasteiger partial charge < -0.3 is 25.0 Å². The van der Waals surface area contributed by atoms with E-state index in [2.05, 4.69) is 22.5 Å². The zero-order valence-corrected chi connectivity index (χ0v) is 24.2. The number of H-pyrrole nitrogens is 1. The molecule has 5 rings (SSSR count). The van der Waals surface area contributed by atoms with Crippen LogP contribution in [0.3, 0.4) is 0 Å². The molecule has 0 unspecified atom stereocenters. The van der Waals surface area contributed by atoms with Gasteiger partial charge in [0, 0.05) is 70.0 Å². The minimum atomic E-state index is -0.161. The molecule has 1 aliphatic rings. The van der Waals surface area contributed by atoms with Crippen LogP contribution in [0.4, 0.5) is 17.1 Å². The van der Waals surface area contributed by atoms with Gasteiger partial charge in [-0.1, -0.05) is 12.2 Å². The van der Waals surface area contributed by atoms with E-state index in [9.17, 15) is 9.59 Å². The fraction of sp³-hybridized carbons (Fsp3) is 0.242. The zero-order chi connectivity index (χ0) is 29.1. The van der Waals surface area contributed by atoms with Gasteiger partial charge in [-0.05, 0) is 90.7 Å². The third-order valence-electron chi connectivity index (χ3n) is 7.27. The maximum Gasteiger partial charge on any atom is 0.255 e. The first-order valence-corrected chi connectivity index (χ1v) is 13.7. The Morgan fingerprint density at radius 2 is 1.49 bits per heavy atom. The van der Waals surface area contributed by atoms with Crippen LogP contribution < -0.4 is 15.1 Å². The van der Waals surface area contributed by atoms with Gasteiger partial charge in [-0.25, -0.2) is 4.98 Å². The second kappa shape index (κ2) is 11.7. The number of fused-ring (bicyclic) bond motifs is 1. The van der Waals surface area contributed by atoms with Crippen molar-refractivity contribution in [2.45, 2.75) is 12.8 Å². The van der Waals surface area contributed by atoms with E-state index in [0.29, 0.717) is 23.4 Å². The molecule has 41 heavy (non-hydrogen) atoms. The summed E-state index contributed by atoms with van der Waals surface area (Å²) in [7, 11) is 9.73. The number of benzene rings is 3. The van der Waals surface area contributed by atoms with E-state index in [1.165, 1.54) is 0 Å². The summed E-state index contributed by atoms with van der Waals surface area (Å²) >= 11 is 0. The van der Waals surface area contributed by atoms with Crippen molar-refractivity contribution in [2.24, 2.45) is 0 Å². The highest BCUT2D eigenvalue weighted by molar-refractivity contribution is 6.05. The van der Waals surface area contributed by atoms with E-state index in [1.54, 1.807) is 4.90 Å². The van der Waals surface area contributed by atoms with Crippen LogP contribution in [-0.2, 0) is 0 Å². The Bertz CT molecular complexity index is 1630. The number of aromatic nitrogens is 2. The SMILES string of the molecule is CN(CC1=CCCC(c2nc3ccc(NC(=O)c4ccc(N(C)C)cc4)cc3[nH]2)=C1)C(=O)c1ccc(N(C)C)cc1. The van der Waals surface area contributed by atoms with E-state index >= 15 is 0 Å². The van der Waals surface area contributed by atoms with Gasteiger partial charge in [-0.3, -0.25) is 9.59 Å². The number of rotatable bonds is 8. The molecule has 2 N–H and O–H groups in total. The molecule has 0 aliphatic heterocycles. The van der Waals surface area contributed by atoms with Crippen LogP contribution >= 0.6 is 0 Å². The van der Waals surface area contributed by atoms with Gasteiger partial charge >= 0.3 is 0 Å². The van der Waals surface area contributed by atoms with E-state index in [-0.39, 0.29) is 11.8 Å². The van der Waals surface area contributed by atoms with Crippen LogP contribution in [0.25, 0.3) is 16.6 Å². The standard InChI is InChI=1S/C33H36N6O2/c1-37(2)27-14-9-23(10-15-27)32(40)34-26-13-18-29-30(20-26)36-31(35-29)25-8-6-7-22(19-25)21-39(5)33(41)24-11-16-28(17-12-24)38(3)4/h7,9-20H,6,8,21H2,1-5H3,(H,34,40)(H,35,36). The van der Waals surface area contributed by atoms with Gasteiger partial charge in [0.15, 0.2) is 0 Å². The minimum Gasteiger partial charge on any atom is -0.378 e. The molecule has 0 radical (unpaired) electrons. The van der Waals surface area contributed by atoms with Gasteiger partial charge in [-0.2, -0.15) is 0 Å². The lowest BCUT2D eigenvalue weighted by molar-refractivity contribution is 0.0807. The van der Waals surface area contributed by atoms with Crippen molar-refractivity contribution in [3.8, 4) is 0 Å². The van der Waals surface area contributed by atoms with Crippen molar-refractivity contribution >= 4 is 45.5 Å². The van der Waals surface area contributed by atoms with Gasteiger partial charge in [0.05, 0.1) is 11.0 Å². The smallest absolute Gasteiger partial charge is 0.255 e. The molecule has 0 saturated heterocycles. The Morgan fingerprint density at radius 3 is 2.12 bits per heavy atom. The van der Waals surface area contributed by atoms with Gasteiger partial charge in [-0.15, -0.1) is 0 Å². The minimum absolute atomic E-state index is 0.0105. The first-order chi connectivity index (χ1) is 19.7. The average molecular weight is 549 g/mol. The molecule has 4 aromatic rings. The summed E-state index contributed by atoms with van der Waals surface area (Å²) in [5.41, 5.74) is 7.93. The largest absolute Gasteiger partial charge is 0.378 e. The maximum absolute atomic E-state index is 13.0. The van der Waals surface area contributed by atoms with Gasteiger partial charge in [0.25, 0.3) is 11.8 Å². The summed E-state index contributed by atoms with van der Waals surface area (Å²) in [4.78, 5) is 39.8. The maximum atomic E-state index is 13.0. The van der Waals surface area contributed by atoms with Crippen LogP contribution in [0.2, 0.25) is 0 Å². The van der Waals surface area contributed by atoms with Crippen molar-refractivity contribution < 1.29 is 9.59 Å². The molecule has 0 saturated carbocycles. The number of carbonyl (C=O) groups excluding carboxylic acids is 2. The Hall–Kier alpha value is -4.85. The molecule has 0 atom stereocenters. The number of aromatic amines is 1. The number of nitrogens with one attached hydrogen (secondary N) is 2. The average Bonchev–Trinajstić information content (AvgIpc) is 3.40. The molecule has 1 aromatic heterocycles. The Morgan fingerprint density at radius 1 is 0.854 bits per heavy atom. The fourth-order valence-electron chi connectivity index (χ4n) is 4.89. The van der Waals surface area contributed by atoms with Crippen molar-refractivity contribution in [3.05, 3.63) is 101 Å². The van der Waals surface area contributed by atoms with Crippen LogP contribution in [0.1, 0.15) is 39.4 Å². The summed E-state index contributed by atoms with van der Waals surface area (Å²) in [5.74, 6) is 0.636. The number of carbonyl (C=O) groups is 2. The van der Waals surface area contributed by atoms with E-state index in [1.807, 2.05) is 112 Å².